The van der Waals surface area contributed by atoms with Crippen molar-refractivity contribution in [2.75, 3.05) is 19.5 Å². The third-order valence-electron chi connectivity index (χ3n) is 3.21. The minimum atomic E-state index is 0.626. The van der Waals surface area contributed by atoms with Crippen LogP contribution in [0.4, 0.5) is 5.82 Å². The standard InChI is InChI=1S/C15H18ClN3O/c1-5-11-9(2)18-15(19-14(11)17-3)12-7-6-10(16)8-13(12)20-4/h6-8H,5H2,1-4H3,(H,17,18,19). The molecule has 1 aromatic carbocycles. The molecule has 0 bridgehead atoms. The molecule has 0 spiro atoms. The van der Waals surface area contributed by atoms with Crippen molar-refractivity contribution >= 4 is 17.4 Å². The van der Waals surface area contributed by atoms with Crippen molar-refractivity contribution in [2.24, 2.45) is 0 Å². The number of aryl methyl sites for hydroxylation is 1. The summed E-state index contributed by atoms with van der Waals surface area (Å²) >= 11 is 5.99. The summed E-state index contributed by atoms with van der Waals surface area (Å²) in [6.07, 6.45) is 0.889. The zero-order valence-electron chi connectivity index (χ0n) is 12.1. The molecule has 2 aromatic rings. The Balaban J connectivity index is 2.61. The number of benzene rings is 1. The summed E-state index contributed by atoms with van der Waals surface area (Å²) < 4.78 is 5.37. The van der Waals surface area contributed by atoms with Crippen LogP contribution < -0.4 is 10.1 Å². The van der Waals surface area contributed by atoms with Crippen molar-refractivity contribution in [3.05, 3.63) is 34.5 Å². The van der Waals surface area contributed by atoms with E-state index >= 15 is 0 Å². The van der Waals surface area contributed by atoms with Gasteiger partial charge in [-0.25, -0.2) is 9.97 Å². The Hall–Kier alpha value is -1.81. The molecule has 0 fully saturated rings. The van der Waals surface area contributed by atoms with E-state index in [9.17, 15) is 0 Å². The number of hydrogen-bond donors (Lipinski definition) is 1. The molecule has 0 amide bonds. The van der Waals surface area contributed by atoms with Gasteiger partial charge >= 0.3 is 0 Å². The molecule has 1 heterocycles. The molecule has 0 aliphatic rings. The van der Waals surface area contributed by atoms with Crippen LogP contribution in [0.5, 0.6) is 5.75 Å². The first-order valence-corrected chi connectivity index (χ1v) is 6.87. The van der Waals surface area contributed by atoms with E-state index in [-0.39, 0.29) is 0 Å². The van der Waals surface area contributed by atoms with Crippen LogP contribution in [0.25, 0.3) is 11.4 Å². The fourth-order valence-corrected chi connectivity index (χ4v) is 2.36. The molecule has 1 aromatic heterocycles. The Morgan fingerprint density at radius 1 is 1.30 bits per heavy atom. The van der Waals surface area contributed by atoms with E-state index in [2.05, 4.69) is 22.2 Å². The van der Waals surface area contributed by atoms with Crippen LogP contribution in [-0.4, -0.2) is 24.1 Å². The fourth-order valence-electron chi connectivity index (χ4n) is 2.20. The topological polar surface area (TPSA) is 47.0 Å². The minimum Gasteiger partial charge on any atom is -0.496 e. The molecular weight excluding hydrogens is 274 g/mol. The molecule has 20 heavy (non-hydrogen) atoms. The largest absolute Gasteiger partial charge is 0.496 e. The fraction of sp³-hybridized carbons (Fsp3) is 0.333. The van der Waals surface area contributed by atoms with Crippen molar-refractivity contribution in [1.29, 1.82) is 0 Å². The van der Waals surface area contributed by atoms with Gasteiger partial charge in [0.25, 0.3) is 0 Å². The number of halogens is 1. The van der Waals surface area contributed by atoms with E-state index < -0.39 is 0 Å². The quantitative estimate of drug-likeness (QED) is 0.932. The van der Waals surface area contributed by atoms with Gasteiger partial charge in [0.2, 0.25) is 0 Å². The monoisotopic (exact) mass is 291 g/mol. The lowest BCUT2D eigenvalue weighted by Crippen LogP contribution is -2.05. The van der Waals surface area contributed by atoms with Gasteiger partial charge in [0.15, 0.2) is 5.82 Å². The van der Waals surface area contributed by atoms with Crippen LogP contribution in [0.15, 0.2) is 18.2 Å². The number of aromatic nitrogens is 2. The van der Waals surface area contributed by atoms with Gasteiger partial charge in [-0.1, -0.05) is 18.5 Å². The molecule has 0 radical (unpaired) electrons. The predicted molar refractivity (Wildman–Crippen MR) is 82.7 cm³/mol. The average molecular weight is 292 g/mol. The highest BCUT2D eigenvalue weighted by Gasteiger charge is 2.14. The predicted octanol–water partition coefficient (Wildman–Crippen LogP) is 3.72. The Bertz CT molecular complexity index is 629. The number of methoxy groups -OCH3 is 1. The number of anilines is 1. The summed E-state index contributed by atoms with van der Waals surface area (Å²) in [6, 6.07) is 5.45. The molecule has 0 saturated heterocycles. The lowest BCUT2D eigenvalue weighted by atomic mass is 10.1. The zero-order valence-corrected chi connectivity index (χ0v) is 12.9. The second kappa shape index (κ2) is 6.09. The Kier molecular flexibility index (Phi) is 4.45. The summed E-state index contributed by atoms with van der Waals surface area (Å²) in [5.74, 6) is 2.16. The third-order valence-corrected chi connectivity index (χ3v) is 3.44. The van der Waals surface area contributed by atoms with E-state index in [1.807, 2.05) is 26.1 Å². The van der Waals surface area contributed by atoms with Crippen molar-refractivity contribution in [1.82, 2.24) is 9.97 Å². The third kappa shape index (κ3) is 2.70. The molecule has 4 nitrogen and oxygen atoms in total. The molecular formula is C15H18ClN3O. The highest BCUT2D eigenvalue weighted by molar-refractivity contribution is 6.30. The van der Waals surface area contributed by atoms with Crippen LogP contribution in [0, 0.1) is 6.92 Å². The van der Waals surface area contributed by atoms with Crippen LogP contribution in [-0.2, 0) is 6.42 Å². The second-order valence-electron chi connectivity index (χ2n) is 4.41. The van der Waals surface area contributed by atoms with Crippen LogP contribution in [0.3, 0.4) is 0 Å². The maximum absolute atomic E-state index is 5.99. The number of hydrogen-bond acceptors (Lipinski definition) is 4. The van der Waals surface area contributed by atoms with Crippen LogP contribution >= 0.6 is 11.6 Å². The number of ether oxygens (including phenoxy) is 1. The lowest BCUT2D eigenvalue weighted by molar-refractivity contribution is 0.416. The van der Waals surface area contributed by atoms with Crippen molar-refractivity contribution < 1.29 is 4.74 Å². The molecule has 0 saturated carbocycles. The zero-order chi connectivity index (χ0) is 14.7. The summed E-state index contributed by atoms with van der Waals surface area (Å²) in [5, 5.41) is 3.75. The van der Waals surface area contributed by atoms with Gasteiger partial charge in [-0.3, -0.25) is 0 Å². The first-order valence-electron chi connectivity index (χ1n) is 6.49. The maximum Gasteiger partial charge on any atom is 0.165 e. The number of nitrogens with one attached hydrogen (secondary N) is 1. The van der Waals surface area contributed by atoms with E-state index in [0.717, 1.165) is 29.1 Å². The highest BCUT2D eigenvalue weighted by Crippen LogP contribution is 2.32. The normalized spacial score (nSPS) is 10.4. The highest BCUT2D eigenvalue weighted by atomic mass is 35.5. The molecule has 0 aliphatic heterocycles. The van der Waals surface area contributed by atoms with E-state index in [1.54, 1.807) is 13.2 Å². The van der Waals surface area contributed by atoms with Crippen LogP contribution in [0.1, 0.15) is 18.2 Å². The summed E-state index contributed by atoms with van der Waals surface area (Å²) in [6.45, 7) is 4.09. The van der Waals surface area contributed by atoms with Gasteiger partial charge < -0.3 is 10.1 Å². The van der Waals surface area contributed by atoms with E-state index in [0.29, 0.717) is 16.6 Å². The Labute approximate surface area is 124 Å². The molecule has 0 unspecified atom stereocenters. The van der Waals surface area contributed by atoms with Gasteiger partial charge in [-0.05, 0) is 31.5 Å². The van der Waals surface area contributed by atoms with Gasteiger partial charge in [-0.15, -0.1) is 0 Å². The molecule has 106 valence electrons. The average Bonchev–Trinajstić information content (AvgIpc) is 2.46. The van der Waals surface area contributed by atoms with Gasteiger partial charge in [-0.2, -0.15) is 0 Å². The second-order valence-corrected chi connectivity index (χ2v) is 4.84. The number of rotatable bonds is 4. The lowest BCUT2D eigenvalue weighted by Gasteiger charge is -2.13. The summed E-state index contributed by atoms with van der Waals surface area (Å²) in [5.41, 5.74) is 2.93. The molecule has 0 aliphatic carbocycles. The Morgan fingerprint density at radius 3 is 2.65 bits per heavy atom. The Morgan fingerprint density at radius 2 is 2.05 bits per heavy atom. The van der Waals surface area contributed by atoms with Gasteiger partial charge in [0.05, 0.1) is 12.7 Å². The van der Waals surface area contributed by atoms with Crippen molar-refractivity contribution in [3.8, 4) is 17.1 Å². The summed E-state index contributed by atoms with van der Waals surface area (Å²) in [7, 11) is 3.48. The molecule has 5 heteroatoms. The molecule has 1 N–H and O–H groups in total. The van der Waals surface area contributed by atoms with Crippen molar-refractivity contribution in [2.45, 2.75) is 20.3 Å². The maximum atomic E-state index is 5.99. The molecule has 0 atom stereocenters. The molecule has 2 rings (SSSR count). The van der Waals surface area contributed by atoms with E-state index in [1.165, 1.54) is 0 Å². The van der Waals surface area contributed by atoms with Crippen LogP contribution in [0.2, 0.25) is 5.02 Å². The van der Waals surface area contributed by atoms with E-state index in [4.69, 9.17) is 16.3 Å². The minimum absolute atomic E-state index is 0.626. The van der Waals surface area contributed by atoms with Crippen molar-refractivity contribution in [3.63, 3.8) is 0 Å². The van der Waals surface area contributed by atoms with Gasteiger partial charge in [0, 0.05) is 23.3 Å². The summed E-state index contributed by atoms with van der Waals surface area (Å²) in [4.78, 5) is 9.17. The first kappa shape index (κ1) is 14.6. The SMILES string of the molecule is CCc1c(C)nc(-c2ccc(Cl)cc2OC)nc1NC. The number of nitrogens with zero attached hydrogens (tertiary/aromatic N) is 2. The first-order chi connectivity index (χ1) is 9.60. The van der Waals surface area contributed by atoms with Gasteiger partial charge in [0.1, 0.15) is 11.6 Å². The smallest absolute Gasteiger partial charge is 0.165 e.